The molecule has 0 aliphatic carbocycles. The van der Waals surface area contributed by atoms with Crippen LogP contribution in [-0.2, 0) is 44.4 Å². The van der Waals surface area contributed by atoms with E-state index < -0.39 is 5.97 Å². The fourth-order valence-corrected chi connectivity index (χ4v) is 0. The number of rotatable bonds is 0. The summed E-state index contributed by atoms with van der Waals surface area (Å²) in [5.74, 6) is -0.833. The minimum Gasteiger partial charge on any atom is -0.481 e. The Labute approximate surface area is 62.4 Å². The maximum Gasteiger partial charge on any atom is 0.300 e. The van der Waals surface area contributed by atoms with Crippen molar-refractivity contribution in [1.29, 1.82) is 0 Å². The van der Waals surface area contributed by atoms with E-state index in [4.69, 9.17) is 9.90 Å². The maximum absolute atomic E-state index is 9.00. The molecule has 0 aliphatic rings. The summed E-state index contributed by atoms with van der Waals surface area (Å²) in [6.07, 6.45) is 0. The number of carboxylic acids is 1. The molecule has 0 aromatic rings. The average molecular weight is 355 g/mol. The van der Waals surface area contributed by atoms with Crippen molar-refractivity contribution in [3.8, 4) is 0 Å². The minimum atomic E-state index is -0.833. The average Bonchev–Trinajstić information content (AvgIpc) is 0.811. The zero-order valence-electron chi connectivity index (χ0n) is 3.02. The summed E-state index contributed by atoms with van der Waals surface area (Å²) < 4.78 is 0. The summed E-state index contributed by atoms with van der Waals surface area (Å²) in [5.41, 5.74) is 0. The SMILES string of the molecule is CC(=O)O.[Ir].[Rh]. The van der Waals surface area contributed by atoms with Crippen molar-refractivity contribution in [3.05, 3.63) is 0 Å². The van der Waals surface area contributed by atoms with Crippen LogP contribution in [0.4, 0.5) is 0 Å². The Bertz CT molecular complexity index is 34.5. The van der Waals surface area contributed by atoms with E-state index >= 15 is 0 Å². The van der Waals surface area contributed by atoms with Gasteiger partial charge in [0.25, 0.3) is 5.97 Å². The number of hydrogen-bond donors (Lipinski definition) is 1. The van der Waals surface area contributed by atoms with Crippen molar-refractivity contribution in [3.63, 3.8) is 0 Å². The quantitative estimate of drug-likeness (QED) is 0.626. The van der Waals surface area contributed by atoms with Crippen LogP contribution in [0.3, 0.4) is 0 Å². The van der Waals surface area contributed by atoms with Crippen LogP contribution in [0.25, 0.3) is 0 Å². The van der Waals surface area contributed by atoms with E-state index in [9.17, 15) is 0 Å². The molecule has 0 aromatic carbocycles. The monoisotopic (exact) mass is 356 g/mol. The summed E-state index contributed by atoms with van der Waals surface area (Å²) in [4.78, 5) is 9.00. The van der Waals surface area contributed by atoms with Crippen molar-refractivity contribution in [2.75, 3.05) is 0 Å². The van der Waals surface area contributed by atoms with Crippen molar-refractivity contribution in [2.45, 2.75) is 6.92 Å². The third-order valence-electron chi connectivity index (χ3n) is 0. The topological polar surface area (TPSA) is 37.3 Å². The van der Waals surface area contributed by atoms with Crippen molar-refractivity contribution < 1.29 is 49.5 Å². The Balaban J connectivity index is -0.0000000450. The van der Waals surface area contributed by atoms with Crippen LogP contribution in [0.15, 0.2) is 0 Å². The van der Waals surface area contributed by atoms with E-state index in [1.54, 1.807) is 0 Å². The fraction of sp³-hybridized carbons (Fsp3) is 0.500. The molecule has 6 heavy (non-hydrogen) atoms. The Morgan fingerprint density at radius 3 is 1.67 bits per heavy atom. The number of carbonyl (C=O) groups is 1. The standard InChI is InChI=1S/C2H4O2.Ir.Rh/c1-2(3)4;;/h1H3,(H,3,4);;. The zero-order chi connectivity index (χ0) is 3.58. The molecule has 42 valence electrons. The Kier molecular flexibility index (Phi) is 24.4. The van der Waals surface area contributed by atoms with Crippen LogP contribution in [0, 0.1) is 0 Å². The molecular weight excluding hydrogens is 351 g/mol. The molecule has 0 saturated heterocycles. The molecule has 4 heteroatoms. The van der Waals surface area contributed by atoms with Crippen molar-refractivity contribution in [1.82, 2.24) is 0 Å². The number of hydrogen-bond acceptors (Lipinski definition) is 1. The molecule has 0 saturated carbocycles. The first kappa shape index (κ1) is 15.9. The van der Waals surface area contributed by atoms with Gasteiger partial charge in [-0.2, -0.15) is 0 Å². The van der Waals surface area contributed by atoms with E-state index in [0.29, 0.717) is 0 Å². The largest absolute Gasteiger partial charge is 0.481 e. The van der Waals surface area contributed by atoms with Crippen LogP contribution in [0.1, 0.15) is 6.92 Å². The molecule has 2 radical (unpaired) electrons. The molecular formula is C2H4IrO2Rh. The van der Waals surface area contributed by atoms with Gasteiger partial charge < -0.3 is 5.11 Å². The van der Waals surface area contributed by atoms with Crippen LogP contribution < -0.4 is 0 Å². The fourth-order valence-electron chi connectivity index (χ4n) is 0. The summed E-state index contributed by atoms with van der Waals surface area (Å²) >= 11 is 0. The molecule has 0 fully saturated rings. The Morgan fingerprint density at radius 2 is 1.67 bits per heavy atom. The van der Waals surface area contributed by atoms with Crippen LogP contribution in [0.5, 0.6) is 0 Å². The second kappa shape index (κ2) is 9.22. The second-order valence-corrected chi connectivity index (χ2v) is 0.519. The Hall–Kier alpha value is 0.743. The first-order chi connectivity index (χ1) is 1.73. The van der Waals surface area contributed by atoms with Crippen LogP contribution in [0.2, 0.25) is 0 Å². The molecule has 2 nitrogen and oxygen atoms in total. The molecule has 0 spiro atoms. The summed E-state index contributed by atoms with van der Waals surface area (Å²) in [6, 6.07) is 0. The van der Waals surface area contributed by atoms with Gasteiger partial charge in [0, 0.05) is 46.5 Å². The van der Waals surface area contributed by atoms with Crippen LogP contribution >= 0.6 is 0 Å². The first-order valence-corrected chi connectivity index (χ1v) is 0.928. The molecule has 0 unspecified atom stereocenters. The Morgan fingerprint density at radius 1 is 1.67 bits per heavy atom. The molecule has 0 atom stereocenters. The normalized spacial score (nSPS) is 4.17. The molecule has 0 heterocycles. The van der Waals surface area contributed by atoms with Gasteiger partial charge in [0.05, 0.1) is 0 Å². The van der Waals surface area contributed by atoms with Gasteiger partial charge in [-0.05, 0) is 0 Å². The third-order valence-corrected chi connectivity index (χ3v) is 0. The van der Waals surface area contributed by atoms with E-state index in [1.165, 1.54) is 0 Å². The minimum absolute atomic E-state index is 0. The molecule has 1 N–H and O–H groups in total. The van der Waals surface area contributed by atoms with Gasteiger partial charge in [-0.25, -0.2) is 0 Å². The first-order valence-electron chi connectivity index (χ1n) is 0.928. The third kappa shape index (κ3) is 120. The molecule has 0 rings (SSSR count). The second-order valence-electron chi connectivity index (χ2n) is 0.519. The summed E-state index contributed by atoms with van der Waals surface area (Å²) in [6.45, 7) is 1.08. The number of aliphatic carboxylic acids is 1. The molecule has 0 aromatic heterocycles. The van der Waals surface area contributed by atoms with Gasteiger partial charge >= 0.3 is 0 Å². The predicted molar refractivity (Wildman–Crippen MR) is 13.3 cm³/mol. The van der Waals surface area contributed by atoms with E-state index in [1.807, 2.05) is 0 Å². The van der Waals surface area contributed by atoms with Crippen molar-refractivity contribution in [2.24, 2.45) is 0 Å². The van der Waals surface area contributed by atoms with Gasteiger partial charge in [-0.1, -0.05) is 0 Å². The van der Waals surface area contributed by atoms with Crippen molar-refractivity contribution >= 4 is 5.97 Å². The van der Waals surface area contributed by atoms with E-state index in [-0.39, 0.29) is 39.6 Å². The van der Waals surface area contributed by atoms with Gasteiger partial charge in [0.2, 0.25) is 0 Å². The molecule has 0 amide bonds. The number of carboxylic acid groups (broad SMARTS) is 1. The van der Waals surface area contributed by atoms with Crippen LogP contribution in [-0.4, -0.2) is 11.1 Å². The summed E-state index contributed by atoms with van der Waals surface area (Å²) in [7, 11) is 0. The van der Waals surface area contributed by atoms with E-state index in [2.05, 4.69) is 0 Å². The molecule has 0 bridgehead atoms. The smallest absolute Gasteiger partial charge is 0.300 e. The summed E-state index contributed by atoms with van der Waals surface area (Å²) in [5, 5.41) is 7.42. The maximum atomic E-state index is 9.00. The predicted octanol–water partition coefficient (Wildman–Crippen LogP) is 0.0859. The zero-order valence-corrected chi connectivity index (χ0v) is 7.06. The van der Waals surface area contributed by atoms with Gasteiger partial charge in [-0.3, -0.25) is 4.79 Å². The van der Waals surface area contributed by atoms with Gasteiger partial charge in [0.15, 0.2) is 0 Å². The van der Waals surface area contributed by atoms with Gasteiger partial charge in [0.1, 0.15) is 0 Å². The van der Waals surface area contributed by atoms with E-state index in [0.717, 1.165) is 6.92 Å². The molecule has 0 aliphatic heterocycles. The van der Waals surface area contributed by atoms with Gasteiger partial charge in [-0.15, -0.1) is 0 Å².